The third-order valence-electron chi connectivity index (χ3n) is 3.79. The van der Waals surface area contributed by atoms with Crippen molar-refractivity contribution in [1.82, 2.24) is 5.32 Å². The summed E-state index contributed by atoms with van der Waals surface area (Å²) in [5.41, 5.74) is 1.14. The number of hydrogen-bond donors (Lipinski definition) is 3. The second kappa shape index (κ2) is 7.72. The second-order valence-electron chi connectivity index (χ2n) is 5.44. The van der Waals surface area contributed by atoms with E-state index < -0.39 is 0 Å². The highest BCUT2D eigenvalue weighted by Crippen LogP contribution is 2.30. The van der Waals surface area contributed by atoms with E-state index in [1.165, 1.54) is 0 Å². The Hall–Kier alpha value is -2.64. The number of thiocarbonyl (C=S) groups is 1. The summed E-state index contributed by atoms with van der Waals surface area (Å²) in [7, 11) is 1.56. The number of hydrogen-bond acceptors (Lipinski definition) is 4. The lowest BCUT2D eigenvalue weighted by Gasteiger charge is -2.13. The maximum atomic E-state index is 12.4. The zero-order valence-corrected chi connectivity index (χ0v) is 16.1. The second-order valence-corrected chi connectivity index (χ2v) is 6.70. The van der Waals surface area contributed by atoms with Gasteiger partial charge in [0, 0.05) is 22.0 Å². The summed E-state index contributed by atoms with van der Waals surface area (Å²) >= 11 is 8.60. The van der Waals surface area contributed by atoms with Crippen LogP contribution in [0.25, 0.3) is 10.8 Å². The minimum absolute atomic E-state index is 0.165. The predicted molar refractivity (Wildman–Crippen MR) is 110 cm³/mol. The molecule has 0 spiro atoms. The van der Waals surface area contributed by atoms with E-state index in [4.69, 9.17) is 17.0 Å². The van der Waals surface area contributed by atoms with Gasteiger partial charge in [-0.15, -0.1) is 0 Å². The number of anilines is 1. The Morgan fingerprint density at radius 2 is 1.85 bits per heavy atom. The minimum Gasteiger partial charge on any atom is -0.507 e. The van der Waals surface area contributed by atoms with Gasteiger partial charge >= 0.3 is 0 Å². The number of aromatic hydroxyl groups is 1. The lowest BCUT2D eigenvalue weighted by molar-refractivity contribution is 0.0977. The number of amides is 1. The van der Waals surface area contributed by atoms with Crippen molar-refractivity contribution in [2.75, 3.05) is 12.4 Å². The molecular weight excluding hydrogens is 416 g/mol. The van der Waals surface area contributed by atoms with Gasteiger partial charge in [0.05, 0.1) is 11.6 Å². The van der Waals surface area contributed by atoms with Crippen molar-refractivity contribution in [1.29, 1.82) is 0 Å². The summed E-state index contributed by atoms with van der Waals surface area (Å²) in [4.78, 5) is 12.4. The number of carbonyl (C=O) groups excluding carboxylic acids is 1. The van der Waals surface area contributed by atoms with Gasteiger partial charge in [-0.25, -0.2) is 0 Å². The van der Waals surface area contributed by atoms with Gasteiger partial charge in [0.2, 0.25) is 0 Å². The van der Waals surface area contributed by atoms with Crippen molar-refractivity contribution in [3.05, 3.63) is 64.6 Å². The monoisotopic (exact) mass is 430 g/mol. The largest absolute Gasteiger partial charge is 0.507 e. The zero-order valence-electron chi connectivity index (χ0n) is 13.7. The molecule has 0 aliphatic heterocycles. The molecule has 7 heteroatoms. The summed E-state index contributed by atoms with van der Waals surface area (Å²) in [5.74, 6) is 0.482. The van der Waals surface area contributed by atoms with Crippen molar-refractivity contribution in [3.63, 3.8) is 0 Å². The highest BCUT2D eigenvalue weighted by molar-refractivity contribution is 9.10. The fraction of sp³-hybridized carbons (Fsp3) is 0.0526. The summed E-state index contributed by atoms with van der Waals surface area (Å²) in [5, 5.41) is 17.3. The molecule has 0 fully saturated rings. The molecule has 3 aromatic rings. The SMILES string of the molecule is COc1ccc(C(=O)NC(=S)Nc2cccc3c(O)cccc23)cc1Br. The average Bonchev–Trinajstić information content (AvgIpc) is 2.62. The molecule has 0 bridgehead atoms. The molecule has 5 nitrogen and oxygen atoms in total. The number of methoxy groups -OCH3 is 1. The summed E-state index contributed by atoms with van der Waals surface area (Å²) in [6.07, 6.45) is 0. The average molecular weight is 431 g/mol. The third-order valence-corrected chi connectivity index (χ3v) is 4.61. The van der Waals surface area contributed by atoms with Crippen LogP contribution in [0, 0.1) is 0 Å². The first kappa shape index (κ1) is 18.2. The molecule has 0 radical (unpaired) electrons. The Bertz CT molecular complexity index is 1010. The Labute approximate surface area is 164 Å². The van der Waals surface area contributed by atoms with E-state index >= 15 is 0 Å². The van der Waals surface area contributed by atoms with Crippen LogP contribution in [-0.2, 0) is 0 Å². The van der Waals surface area contributed by atoms with Gasteiger partial charge in [-0.1, -0.05) is 24.3 Å². The van der Waals surface area contributed by atoms with Crippen LogP contribution in [-0.4, -0.2) is 23.2 Å². The molecule has 26 heavy (non-hydrogen) atoms. The van der Waals surface area contributed by atoms with E-state index in [0.717, 1.165) is 5.39 Å². The first-order valence-corrected chi connectivity index (χ1v) is 8.86. The standard InChI is InChI=1S/C19H15BrN2O3S/c1-25-17-9-8-11(10-14(17)20)18(24)22-19(26)21-15-6-2-5-13-12(15)4-3-7-16(13)23/h2-10,23H,1H3,(H2,21,22,24,26). The number of carbonyl (C=O) groups is 1. The molecule has 0 atom stereocenters. The Balaban J connectivity index is 1.76. The van der Waals surface area contributed by atoms with E-state index in [1.807, 2.05) is 18.2 Å². The maximum Gasteiger partial charge on any atom is 0.257 e. The smallest absolute Gasteiger partial charge is 0.257 e. The highest BCUT2D eigenvalue weighted by atomic mass is 79.9. The molecule has 0 heterocycles. The summed E-state index contributed by atoms with van der Waals surface area (Å²) < 4.78 is 5.83. The fourth-order valence-corrected chi connectivity index (χ4v) is 3.28. The Morgan fingerprint density at radius 3 is 2.58 bits per heavy atom. The minimum atomic E-state index is -0.339. The number of phenols is 1. The third kappa shape index (κ3) is 3.79. The van der Waals surface area contributed by atoms with E-state index in [9.17, 15) is 9.90 Å². The molecule has 3 aromatic carbocycles. The lowest BCUT2D eigenvalue weighted by Crippen LogP contribution is -2.34. The van der Waals surface area contributed by atoms with Crippen LogP contribution in [0.3, 0.4) is 0 Å². The number of halogens is 1. The van der Waals surface area contributed by atoms with Crippen LogP contribution in [0.15, 0.2) is 59.1 Å². The van der Waals surface area contributed by atoms with Crippen molar-refractivity contribution in [2.45, 2.75) is 0 Å². The fourth-order valence-electron chi connectivity index (χ4n) is 2.54. The summed E-state index contributed by atoms with van der Waals surface area (Å²) in [6.45, 7) is 0. The Kier molecular flexibility index (Phi) is 5.39. The van der Waals surface area contributed by atoms with Crippen LogP contribution in [0.1, 0.15) is 10.4 Å². The molecule has 3 N–H and O–H groups in total. The van der Waals surface area contributed by atoms with Gasteiger partial charge in [-0.2, -0.15) is 0 Å². The molecule has 0 aromatic heterocycles. The number of fused-ring (bicyclic) bond motifs is 1. The van der Waals surface area contributed by atoms with E-state index in [0.29, 0.717) is 26.9 Å². The number of rotatable bonds is 3. The van der Waals surface area contributed by atoms with Crippen molar-refractivity contribution in [2.24, 2.45) is 0 Å². The number of nitrogens with one attached hydrogen (secondary N) is 2. The lowest BCUT2D eigenvalue weighted by atomic mass is 10.1. The number of ether oxygens (including phenoxy) is 1. The zero-order chi connectivity index (χ0) is 18.7. The van der Waals surface area contributed by atoms with Gasteiger partial charge in [0.1, 0.15) is 11.5 Å². The van der Waals surface area contributed by atoms with Crippen LogP contribution >= 0.6 is 28.1 Å². The van der Waals surface area contributed by atoms with Gasteiger partial charge in [0.15, 0.2) is 5.11 Å². The predicted octanol–water partition coefficient (Wildman–Crippen LogP) is 4.44. The number of phenolic OH excluding ortho intramolecular Hbond substituents is 1. The van der Waals surface area contributed by atoms with Gasteiger partial charge in [0.25, 0.3) is 5.91 Å². The van der Waals surface area contributed by atoms with E-state index in [2.05, 4.69) is 26.6 Å². The van der Waals surface area contributed by atoms with Crippen molar-refractivity contribution in [3.8, 4) is 11.5 Å². The van der Waals surface area contributed by atoms with Crippen LogP contribution in [0.5, 0.6) is 11.5 Å². The summed E-state index contributed by atoms with van der Waals surface area (Å²) in [6, 6.07) is 15.7. The van der Waals surface area contributed by atoms with Crippen LogP contribution in [0.2, 0.25) is 0 Å². The molecule has 1 amide bonds. The van der Waals surface area contributed by atoms with Crippen LogP contribution in [0.4, 0.5) is 5.69 Å². The van der Waals surface area contributed by atoms with Gasteiger partial charge in [-0.3, -0.25) is 10.1 Å². The first-order valence-electron chi connectivity index (χ1n) is 7.66. The quantitative estimate of drug-likeness (QED) is 0.535. The molecule has 0 aliphatic rings. The van der Waals surface area contributed by atoms with Crippen molar-refractivity contribution < 1.29 is 14.6 Å². The molecule has 0 unspecified atom stereocenters. The van der Waals surface area contributed by atoms with E-state index in [-0.39, 0.29) is 16.8 Å². The topological polar surface area (TPSA) is 70.6 Å². The molecule has 0 saturated carbocycles. The molecule has 132 valence electrons. The first-order chi connectivity index (χ1) is 12.5. The van der Waals surface area contributed by atoms with Gasteiger partial charge < -0.3 is 15.2 Å². The highest BCUT2D eigenvalue weighted by Gasteiger charge is 2.12. The van der Waals surface area contributed by atoms with Crippen LogP contribution < -0.4 is 15.4 Å². The number of benzene rings is 3. The molecule has 0 aliphatic carbocycles. The molecule has 0 saturated heterocycles. The van der Waals surface area contributed by atoms with Gasteiger partial charge in [-0.05, 0) is 58.5 Å². The molecular formula is C19H15BrN2O3S. The van der Waals surface area contributed by atoms with Crippen molar-refractivity contribution >= 4 is 55.6 Å². The normalized spacial score (nSPS) is 10.4. The maximum absolute atomic E-state index is 12.4. The van der Waals surface area contributed by atoms with E-state index in [1.54, 1.807) is 43.5 Å². The Morgan fingerprint density at radius 1 is 1.12 bits per heavy atom. The molecule has 3 rings (SSSR count).